The van der Waals surface area contributed by atoms with E-state index in [1.165, 1.54) is 0 Å². The summed E-state index contributed by atoms with van der Waals surface area (Å²) in [7, 11) is 0. The molecule has 0 spiro atoms. The van der Waals surface area contributed by atoms with Crippen molar-refractivity contribution in [2.75, 3.05) is 6.54 Å². The molecule has 0 aliphatic rings. The molecule has 0 bridgehead atoms. The molecule has 1 heterocycles. The van der Waals surface area contributed by atoms with Crippen LogP contribution in [0.2, 0.25) is 0 Å². The van der Waals surface area contributed by atoms with Gasteiger partial charge in [0.1, 0.15) is 5.69 Å². The van der Waals surface area contributed by atoms with Gasteiger partial charge in [-0.25, -0.2) is 0 Å². The second kappa shape index (κ2) is 6.09. The fraction of sp³-hybridized carbons (Fsp3) is 0.643. The molecule has 1 unspecified atom stereocenters. The lowest BCUT2D eigenvalue weighted by Crippen LogP contribution is -2.55. The maximum atomic E-state index is 12.5. The van der Waals surface area contributed by atoms with Gasteiger partial charge in [0.05, 0.1) is 5.54 Å². The minimum atomic E-state index is -0.393. The van der Waals surface area contributed by atoms with Crippen molar-refractivity contribution in [3.8, 4) is 0 Å². The molecule has 1 atom stereocenters. The van der Waals surface area contributed by atoms with Crippen LogP contribution in [-0.2, 0) is 0 Å². The molecule has 0 aliphatic heterocycles. The van der Waals surface area contributed by atoms with E-state index < -0.39 is 5.54 Å². The van der Waals surface area contributed by atoms with Crippen molar-refractivity contribution >= 4 is 21.8 Å². The van der Waals surface area contributed by atoms with E-state index in [0.717, 1.165) is 4.47 Å². The molecule has 0 aromatic carbocycles. The first kappa shape index (κ1) is 16.2. The molecular weight excluding hydrogens is 306 g/mol. The summed E-state index contributed by atoms with van der Waals surface area (Å²) < 4.78 is 2.86. The number of hydrogen-bond acceptors (Lipinski definition) is 2. The first-order valence-corrected chi connectivity index (χ1v) is 7.40. The summed E-state index contributed by atoms with van der Waals surface area (Å²) in [4.78, 5) is 12.5. The van der Waals surface area contributed by atoms with Gasteiger partial charge in [0.2, 0.25) is 0 Å². The fourth-order valence-corrected chi connectivity index (χ4v) is 2.25. The number of halogens is 1. The molecular formula is C14H24BrN3O. The normalized spacial score (nSPS) is 14.8. The lowest BCUT2D eigenvalue weighted by molar-refractivity contribution is 0.0872. The fourth-order valence-electron chi connectivity index (χ4n) is 1.81. The van der Waals surface area contributed by atoms with Crippen LogP contribution in [0, 0.1) is 5.92 Å². The average Bonchev–Trinajstić information content (AvgIpc) is 2.71. The number of carbonyl (C=O) groups excluding carboxylic acids is 1. The van der Waals surface area contributed by atoms with Crippen LogP contribution in [0.15, 0.2) is 16.7 Å². The highest BCUT2D eigenvalue weighted by atomic mass is 79.9. The third kappa shape index (κ3) is 3.60. The quantitative estimate of drug-likeness (QED) is 0.872. The molecule has 0 saturated carbocycles. The SMILES string of the molecule is CC(C)n1cc(Br)cc1C(=O)NC(C)(CN)C(C)C. The van der Waals surface area contributed by atoms with E-state index in [1.54, 1.807) is 0 Å². The Hall–Kier alpha value is -0.810. The zero-order valence-corrected chi connectivity index (χ0v) is 13.9. The molecule has 1 amide bonds. The molecule has 0 radical (unpaired) electrons. The molecule has 19 heavy (non-hydrogen) atoms. The van der Waals surface area contributed by atoms with E-state index in [9.17, 15) is 4.79 Å². The number of hydrogen-bond donors (Lipinski definition) is 2. The molecule has 1 aromatic heterocycles. The van der Waals surface area contributed by atoms with E-state index in [1.807, 2.05) is 37.6 Å². The number of amides is 1. The largest absolute Gasteiger partial charge is 0.344 e. The Morgan fingerprint density at radius 1 is 1.47 bits per heavy atom. The van der Waals surface area contributed by atoms with Crippen LogP contribution in [0.1, 0.15) is 51.1 Å². The van der Waals surface area contributed by atoms with Crippen molar-refractivity contribution in [1.29, 1.82) is 0 Å². The third-order valence-corrected chi connectivity index (χ3v) is 4.14. The van der Waals surface area contributed by atoms with Gasteiger partial charge in [-0.1, -0.05) is 13.8 Å². The zero-order chi connectivity index (χ0) is 14.8. The molecule has 4 nitrogen and oxygen atoms in total. The topological polar surface area (TPSA) is 60.0 Å². The summed E-state index contributed by atoms with van der Waals surface area (Å²) in [5.41, 5.74) is 6.07. The van der Waals surface area contributed by atoms with Crippen LogP contribution < -0.4 is 11.1 Å². The van der Waals surface area contributed by atoms with E-state index in [2.05, 4.69) is 35.1 Å². The van der Waals surface area contributed by atoms with E-state index >= 15 is 0 Å². The summed E-state index contributed by atoms with van der Waals surface area (Å²) in [6, 6.07) is 2.07. The lowest BCUT2D eigenvalue weighted by atomic mass is 9.88. The lowest BCUT2D eigenvalue weighted by Gasteiger charge is -2.33. The van der Waals surface area contributed by atoms with Crippen molar-refractivity contribution in [1.82, 2.24) is 9.88 Å². The first-order valence-electron chi connectivity index (χ1n) is 6.61. The molecule has 0 aliphatic carbocycles. The van der Waals surface area contributed by atoms with Crippen LogP contribution in [0.5, 0.6) is 0 Å². The van der Waals surface area contributed by atoms with Gasteiger partial charge in [-0.2, -0.15) is 0 Å². The number of rotatable bonds is 5. The molecule has 3 N–H and O–H groups in total. The smallest absolute Gasteiger partial charge is 0.268 e. The van der Waals surface area contributed by atoms with Crippen LogP contribution >= 0.6 is 15.9 Å². The summed E-state index contributed by atoms with van der Waals surface area (Å²) in [6.07, 6.45) is 1.93. The molecule has 1 aromatic rings. The van der Waals surface area contributed by atoms with Gasteiger partial charge in [-0.15, -0.1) is 0 Å². The third-order valence-electron chi connectivity index (χ3n) is 3.70. The van der Waals surface area contributed by atoms with E-state index in [0.29, 0.717) is 12.2 Å². The minimum Gasteiger partial charge on any atom is -0.344 e. The van der Waals surface area contributed by atoms with Crippen LogP contribution in [0.4, 0.5) is 0 Å². The number of aromatic nitrogens is 1. The Labute approximate surface area is 123 Å². The van der Waals surface area contributed by atoms with Crippen molar-refractivity contribution in [2.24, 2.45) is 11.7 Å². The first-order chi connectivity index (χ1) is 8.71. The number of nitrogens with two attached hydrogens (primary N) is 1. The number of nitrogens with zero attached hydrogens (tertiary/aromatic N) is 1. The van der Waals surface area contributed by atoms with Gasteiger partial charge < -0.3 is 15.6 Å². The summed E-state index contributed by atoms with van der Waals surface area (Å²) in [5, 5.41) is 3.06. The van der Waals surface area contributed by atoms with E-state index in [-0.39, 0.29) is 17.9 Å². The van der Waals surface area contributed by atoms with Gasteiger partial charge >= 0.3 is 0 Å². The molecule has 0 fully saturated rings. The Bertz CT molecular complexity index is 454. The van der Waals surface area contributed by atoms with Gasteiger partial charge in [0.15, 0.2) is 0 Å². The predicted molar refractivity (Wildman–Crippen MR) is 82.3 cm³/mol. The van der Waals surface area contributed by atoms with Crippen LogP contribution in [0.25, 0.3) is 0 Å². The highest BCUT2D eigenvalue weighted by Gasteiger charge is 2.30. The van der Waals surface area contributed by atoms with Crippen LogP contribution in [0.3, 0.4) is 0 Å². The molecule has 108 valence electrons. The Balaban J connectivity index is 3.01. The summed E-state index contributed by atoms with van der Waals surface area (Å²) >= 11 is 3.42. The average molecular weight is 330 g/mol. The highest BCUT2D eigenvalue weighted by Crippen LogP contribution is 2.21. The van der Waals surface area contributed by atoms with Gasteiger partial charge in [0.25, 0.3) is 5.91 Å². The highest BCUT2D eigenvalue weighted by molar-refractivity contribution is 9.10. The Morgan fingerprint density at radius 3 is 2.47 bits per heavy atom. The van der Waals surface area contributed by atoms with Crippen molar-refractivity contribution < 1.29 is 4.79 Å². The van der Waals surface area contributed by atoms with Crippen LogP contribution in [-0.4, -0.2) is 22.6 Å². The Kier molecular flexibility index (Phi) is 5.21. The van der Waals surface area contributed by atoms with Crippen molar-refractivity contribution in [2.45, 2.75) is 46.2 Å². The number of nitrogens with one attached hydrogen (secondary N) is 1. The monoisotopic (exact) mass is 329 g/mol. The summed E-state index contributed by atoms with van der Waals surface area (Å²) in [5.74, 6) is 0.188. The predicted octanol–water partition coefficient (Wildman–Crippen LogP) is 2.93. The van der Waals surface area contributed by atoms with Gasteiger partial charge in [-0.05, 0) is 48.7 Å². The zero-order valence-electron chi connectivity index (χ0n) is 12.3. The maximum Gasteiger partial charge on any atom is 0.268 e. The van der Waals surface area contributed by atoms with Gasteiger partial charge in [0, 0.05) is 23.3 Å². The van der Waals surface area contributed by atoms with Crippen molar-refractivity contribution in [3.63, 3.8) is 0 Å². The van der Waals surface area contributed by atoms with E-state index in [4.69, 9.17) is 5.73 Å². The molecule has 1 rings (SSSR count). The molecule has 0 saturated heterocycles. The summed E-state index contributed by atoms with van der Waals surface area (Å²) in [6.45, 7) is 10.6. The minimum absolute atomic E-state index is 0.0824. The maximum absolute atomic E-state index is 12.5. The molecule has 5 heteroatoms. The Morgan fingerprint density at radius 2 is 2.05 bits per heavy atom. The van der Waals surface area contributed by atoms with Crippen molar-refractivity contribution in [3.05, 3.63) is 22.4 Å². The van der Waals surface area contributed by atoms with Gasteiger partial charge in [-0.3, -0.25) is 4.79 Å². The second-order valence-corrected chi connectivity index (χ2v) is 6.69. The number of carbonyl (C=O) groups is 1. The second-order valence-electron chi connectivity index (χ2n) is 5.77. The standard InChI is InChI=1S/C14H24BrN3O/c1-9(2)14(5,8-16)17-13(19)12-6-11(15)7-18(12)10(3)4/h6-7,9-10H,8,16H2,1-5H3,(H,17,19).